The SMILES string of the molecule is CC(C)C(NC(=O)OC(C)(C)C)C1CO1. The standard InChI is InChI=1S/C11H21NO3/c1-7(2)9(8-6-14-8)12-10(13)15-11(3,4)5/h7-9H,6H2,1-5H3,(H,12,13). The van der Waals surface area contributed by atoms with Crippen molar-refractivity contribution < 1.29 is 14.3 Å². The van der Waals surface area contributed by atoms with Crippen molar-refractivity contribution in [3.05, 3.63) is 0 Å². The Morgan fingerprint density at radius 2 is 2.00 bits per heavy atom. The molecule has 0 saturated carbocycles. The summed E-state index contributed by atoms with van der Waals surface area (Å²) in [4.78, 5) is 11.5. The normalized spacial score (nSPS) is 22.4. The Labute approximate surface area is 91.3 Å². The Balaban J connectivity index is 2.41. The number of carbonyl (C=O) groups is 1. The lowest BCUT2D eigenvalue weighted by atomic mass is 10.0. The molecule has 0 aromatic heterocycles. The maximum absolute atomic E-state index is 11.5. The molecular weight excluding hydrogens is 194 g/mol. The van der Waals surface area contributed by atoms with Crippen molar-refractivity contribution in [3.63, 3.8) is 0 Å². The van der Waals surface area contributed by atoms with Crippen molar-refractivity contribution in [2.24, 2.45) is 5.92 Å². The van der Waals surface area contributed by atoms with Crippen LogP contribution in [0.25, 0.3) is 0 Å². The van der Waals surface area contributed by atoms with Gasteiger partial charge in [0, 0.05) is 0 Å². The first kappa shape index (κ1) is 12.3. The zero-order valence-corrected chi connectivity index (χ0v) is 10.2. The molecule has 0 aromatic carbocycles. The van der Waals surface area contributed by atoms with E-state index >= 15 is 0 Å². The van der Waals surface area contributed by atoms with E-state index < -0.39 is 5.60 Å². The van der Waals surface area contributed by atoms with Crippen molar-refractivity contribution in [3.8, 4) is 0 Å². The Kier molecular flexibility index (Phi) is 3.60. The lowest BCUT2D eigenvalue weighted by molar-refractivity contribution is 0.0478. The van der Waals surface area contributed by atoms with Gasteiger partial charge in [0.1, 0.15) is 11.7 Å². The number of nitrogens with one attached hydrogen (secondary N) is 1. The average molecular weight is 215 g/mol. The number of epoxide rings is 1. The molecule has 4 heteroatoms. The first-order chi connectivity index (χ1) is 6.79. The van der Waals surface area contributed by atoms with Gasteiger partial charge < -0.3 is 14.8 Å². The Morgan fingerprint density at radius 3 is 2.33 bits per heavy atom. The first-order valence-electron chi connectivity index (χ1n) is 5.41. The molecule has 0 spiro atoms. The van der Waals surface area contributed by atoms with Gasteiger partial charge in [0.05, 0.1) is 12.6 Å². The zero-order valence-electron chi connectivity index (χ0n) is 10.2. The number of hydrogen-bond donors (Lipinski definition) is 1. The zero-order chi connectivity index (χ0) is 11.6. The molecule has 0 aliphatic carbocycles. The van der Waals surface area contributed by atoms with Crippen molar-refractivity contribution in [1.82, 2.24) is 5.32 Å². The number of carbonyl (C=O) groups excluding carboxylic acids is 1. The second-order valence-electron chi connectivity index (χ2n) is 5.29. The van der Waals surface area contributed by atoms with Crippen LogP contribution in [0, 0.1) is 5.92 Å². The Bertz CT molecular complexity index is 226. The fraction of sp³-hybridized carbons (Fsp3) is 0.909. The van der Waals surface area contributed by atoms with Crippen LogP contribution >= 0.6 is 0 Å². The summed E-state index contributed by atoms with van der Waals surface area (Å²) in [5, 5.41) is 2.85. The van der Waals surface area contributed by atoms with Crippen molar-refractivity contribution in [2.75, 3.05) is 6.61 Å². The van der Waals surface area contributed by atoms with Crippen LogP contribution in [0.1, 0.15) is 34.6 Å². The van der Waals surface area contributed by atoms with E-state index in [2.05, 4.69) is 19.2 Å². The molecule has 1 saturated heterocycles. The van der Waals surface area contributed by atoms with Crippen LogP contribution < -0.4 is 5.32 Å². The highest BCUT2D eigenvalue weighted by Crippen LogP contribution is 2.20. The summed E-state index contributed by atoms with van der Waals surface area (Å²) in [5.41, 5.74) is -0.448. The van der Waals surface area contributed by atoms with Crippen LogP contribution in [0.3, 0.4) is 0 Å². The average Bonchev–Trinajstić information content (AvgIpc) is 2.78. The number of ether oxygens (including phenoxy) is 2. The lowest BCUT2D eigenvalue weighted by Gasteiger charge is -2.24. The van der Waals surface area contributed by atoms with Crippen LogP contribution in [-0.2, 0) is 9.47 Å². The van der Waals surface area contributed by atoms with E-state index in [1.165, 1.54) is 0 Å². The minimum absolute atomic E-state index is 0.0554. The number of hydrogen-bond acceptors (Lipinski definition) is 3. The molecule has 4 nitrogen and oxygen atoms in total. The number of amides is 1. The third kappa shape index (κ3) is 4.51. The Hall–Kier alpha value is -0.770. The molecule has 0 aromatic rings. The maximum Gasteiger partial charge on any atom is 0.407 e. The van der Waals surface area contributed by atoms with Gasteiger partial charge in [0.2, 0.25) is 0 Å². The molecule has 1 N–H and O–H groups in total. The third-order valence-electron chi connectivity index (χ3n) is 2.16. The van der Waals surface area contributed by atoms with Gasteiger partial charge in [-0.05, 0) is 26.7 Å². The fourth-order valence-corrected chi connectivity index (χ4v) is 1.40. The summed E-state index contributed by atoms with van der Waals surface area (Å²) >= 11 is 0. The molecule has 1 aliphatic heterocycles. The molecular formula is C11H21NO3. The molecule has 1 rings (SSSR count). The first-order valence-corrected chi connectivity index (χ1v) is 5.41. The molecule has 1 aliphatic rings. The van der Waals surface area contributed by atoms with Crippen LogP contribution in [0.5, 0.6) is 0 Å². The number of rotatable bonds is 3. The summed E-state index contributed by atoms with van der Waals surface area (Å²) in [5.74, 6) is 0.352. The predicted molar refractivity (Wildman–Crippen MR) is 57.7 cm³/mol. The van der Waals surface area contributed by atoms with Gasteiger partial charge in [-0.3, -0.25) is 0 Å². The van der Waals surface area contributed by atoms with E-state index in [4.69, 9.17) is 9.47 Å². The molecule has 88 valence electrons. The van der Waals surface area contributed by atoms with E-state index in [-0.39, 0.29) is 18.2 Å². The maximum atomic E-state index is 11.5. The van der Waals surface area contributed by atoms with Gasteiger partial charge in [-0.25, -0.2) is 4.79 Å². The van der Waals surface area contributed by atoms with Crippen molar-refractivity contribution >= 4 is 6.09 Å². The molecule has 1 heterocycles. The van der Waals surface area contributed by atoms with Gasteiger partial charge in [0.15, 0.2) is 0 Å². The minimum atomic E-state index is -0.448. The topological polar surface area (TPSA) is 50.9 Å². The van der Waals surface area contributed by atoms with Crippen LogP contribution in [0.4, 0.5) is 4.79 Å². The highest BCUT2D eigenvalue weighted by atomic mass is 16.6. The predicted octanol–water partition coefficient (Wildman–Crippen LogP) is 1.93. The Morgan fingerprint density at radius 1 is 1.47 bits per heavy atom. The highest BCUT2D eigenvalue weighted by molar-refractivity contribution is 5.68. The quantitative estimate of drug-likeness (QED) is 0.732. The molecule has 1 amide bonds. The summed E-state index contributed by atoms with van der Waals surface area (Å²) in [6.45, 7) is 10.4. The second kappa shape index (κ2) is 4.39. The molecule has 0 bridgehead atoms. The van der Waals surface area contributed by atoms with E-state index in [0.717, 1.165) is 6.61 Å². The fourth-order valence-electron chi connectivity index (χ4n) is 1.40. The summed E-state index contributed by atoms with van der Waals surface area (Å²) in [6, 6.07) is 0.0554. The van der Waals surface area contributed by atoms with Gasteiger partial charge in [0.25, 0.3) is 0 Å². The van der Waals surface area contributed by atoms with Gasteiger partial charge in [-0.1, -0.05) is 13.8 Å². The van der Waals surface area contributed by atoms with E-state index in [9.17, 15) is 4.79 Å². The molecule has 15 heavy (non-hydrogen) atoms. The van der Waals surface area contributed by atoms with Gasteiger partial charge in [-0.2, -0.15) is 0 Å². The molecule has 1 fully saturated rings. The summed E-state index contributed by atoms with van der Waals surface area (Å²) in [6.07, 6.45) is -0.200. The largest absolute Gasteiger partial charge is 0.444 e. The number of alkyl carbamates (subject to hydrolysis) is 1. The van der Waals surface area contributed by atoms with Crippen molar-refractivity contribution in [1.29, 1.82) is 0 Å². The lowest BCUT2D eigenvalue weighted by Crippen LogP contribution is -2.44. The van der Waals surface area contributed by atoms with E-state index in [0.29, 0.717) is 5.92 Å². The third-order valence-corrected chi connectivity index (χ3v) is 2.16. The highest BCUT2D eigenvalue weighted by Gasteiger charge is 2.36. The van der Waals surface area contributed by atoms with E-state index in [1.54, 1.807) is 0 Å². The van der Waals surface area contributed by atoms with Crippen LogP contribution in [0.2, 0.25) is 0 Å². The summed E-state index contributed by atoms with van der Waals surface area (Å²) < 4.78 is 10.4. The smallest absolute Gasteiger partial charge is 0.407 e. The molecule has 0 radical (unpaired) electrons. The van der Waals surface area contributed by atoms with Crippen LogP contribution in [-0.4, -0.2) is 30.4 Å². The van der Waals surface area contributed by atoms with Gasteiger partial charge >= 0.3 is 6.09 Å². The minimum Gasteiger partial charge on any atom is -0.444 e. The monoisotopic (exact) mass is 215 g/mol. The molecule has 2 atom stereocenters. The summed E-state index contributed by atoms with van der Waals surface area (Å²) in [7, 11) is 0. The van der Waals surface area contributed by atoms with Crippen LogP contribution in [0.15, 0.2) is 0 Å². The van der Waals surface area contributed by atoms with E-state index in [1.807, 2.05) is 20.8 Å². The van der Waals surface area contributed by atoms with Gasteiger partial charge in [-0.15, -0.1) is 0 Å². The second-order valence-corrected chi connectivity index (χ2v) is 5.29. The van der Waals surface area contributed by atoms with Crippen molar-refractivity contribution in [2.45, 2.75) is 52.4 Å². The molecule has 2 unspecified atom stereocenters.